The number of hydrogen-bond donors (Lipinski definition) is 0. The lowest BCUT2D eigenvalue weighted by Gasteiger charge is -2.40. The van der Waals surface area contributed by atoms with Crippen LogP contribution in [0.1, 0.15) is 47.0 Å². The molecule has 138 valence electrons. The molecule has 3 saturated heterocycles. The van der Waals surface area contributed by atoms with Gasteiger partial charge in [-0.15, -0.1) is 0 Å². The Bertz CT molecular complexity index is 617. The lowest BCUT2D eigenvalue weighted by molar-refractivity contribution is -0.167. The van der Waals surface area contributed by atoms with Gasteiger partial charge in [0.25, 0.3) is 0 Å². The van der Waals surface area contributed by atoms with Crippen LogP contribution in [0.4, 0.5) is 0 Å². The van der Waals surface area contributed by atoms with Crippen molar-refractivity contribution in [2.75, 3.05) is 0 Å². The fourth-order valence-corrected chi connectivity index (χ4v) is 4.22. The van der Waals surface area contributed by atoms with Crippen molar-refractivity contribution in [2.24, 2.45) is 29.1 Å². The van der Waals surface area contributed by atoms with Gasteiger partial charge in [0.15, 0.2) is 0 Å². The maximum atomic E-state index is 12.2. The van der Waals surface area contributed by atoms with Crippen molar-refractivity contribution in [3.05, 3.63) is 0 Å². The summed E-state index contributed by atoms with van der Waals surface area (Å²) in [7, 11) is 0. The first kappa shape index (κ1) is 18.0. The van der Waals surface area contributed by atoms with Gasteiger partial charge in [0.1, 0.15) is 0 Å². The summed E-state index contributed by atoms with van der Waals surface area (Å²) in [4.78, 5) is 48.3. The molecular weight excluding hydrogens is 328 g/mol. The number of cyclic esters (lactones) is 4. The number of esters is 4. The van der Waals surface area contributed by atoms with Gasteiger partial charge in [-0.25, -0.2) is 0 Å². The van der Waals surface area contributed by atoms with Gasteiger partial charge in [0, 0.05) is 0 Å². The summed E-state index contributed by atoms with van der Waals surface area (Å²) >= 11 is 0. The number of ether oxygens (including phenoxy) is 3. The molecule has 6 unspecified atom stereocenters. The van der Waals surface area contributed by atoms with Crippen LogP contribution in [0.3, 0.4) is 0 Å². The van der Waals surface area contributed by atoms with Crippen LogP contribution in [0, 0.1) is 29.1 Å². The number of carbonyl (C=O) groups excluding carboxylic acids is 4. The van der Waals surface area contributed by atoms with E-state index < -0.39 is 59.8 Å². The molecule has 0 aromatic carbocycles. The molecule has 0 aromatic rings. The summed E-state index contributed by atoms with van der Waals surface area (Å²) in [6.45, 7) is 7.85. The Morgan fingerprint density at radius 1 is 0.920 bits per heavy atom. The Balaban J connectivity index is 1.89. The highest BCUT2D eigenvalue weighted by molar-refractivity contribution is 5.98. The molecule has 0 amide bonds. The highest BCUT2D eigenvalue weighted by Gasteiger charge is 2.58. The van der Waals surface area contributed by atoms with Crippen LogP contribution in [0.5, 0.6) is 0 Å². The first-order valence-electron chi connectivity index (χ1n) is 8.79. The molecule has 6 atom stereocenters. The van der Waals surface area contributed by atoms with Gasteiger partial charge in [-0.05, 0) is 24.7 Å². The molecule has 3 aliphatic heterocycles. The molecule has 3 heterocycles. The smallest absolute Gasteiger partial charge is 0.320 e. The second kappa shape index (κ2) is 6.20. The number of carbonyl (C=O) groups is 4. The van der Waals surface area contributed by atoms with Crippen LogP contribution in [-0.2, 0) is 33.4 Å². The number of fused-ring (bicyclic) bond motifs is 1. The van der Waals surface area contributed by atoms with Gasteiger partial charge in [-0.2, -0.15) is 0 Å². The summed E-state index contributed by atoms with van der Waals surface area (Å²) in [5, 5.41) is 0. The Morgan fingerprint density at radius 2 is 1.52 bits per heavy atom. The summed E-state index contributed by atoms with van der Waals surface area (Å²) < 4.78 is 15.7. The van der Waals surface area contributed by atoms with Crippen molar-refractivity contribution in [3.8, 4) is 0 Å². The molecule has 7 nitrogen and oxygen atoms in total. The van der Waals surface area contributed by atoms with E-state index in [-0.39, 0.29) is 11.8 Å². The Hall–Kier alpha value is -1.76. The maximum absolute atomic E-state index is 12.2. The van der Waals surface area contributed by atoms with Crippen LogP contribution < -0.4 is 0 Å². The molecular formula is C18H24O7. The van der Waals surface area contributed by atoms with Gasteiger partial charge < -0.3 is 14.2 Å². The van der Waals surface area contributed by atoms with Crippen molar-refractivity contribution in [1.82, 2.24) is 0 Å². The van der Waals surface area contributed by atoms with Crippen molar-refractivity contribution in [1.29, 1.82) is 0 Å². The van der Waals surface area contributed by atoms with E-state index in [1.54, 1.807) is 0 Å². The zero-order chi connectivity index (χ0) is 18.5. The molecule has 3 rings (SSSR count). The van der Waals surface area contributed by atoms with E-state index >= 15 is 0 Å². The summed E-state index contributed by atoms with van der Waals surface area (Å²) in [6.07, 6.45) is 0.0369. The average Bonchev–Trinajstić information content (AvgIpc) is 2.93. The molecule has 0 radical (unpaired) electrons. The van der Waals surface area contributed by atoms with E-state index in [9.17, 15) is 19.2 Å². The van der Waals surface area contributed by atoms with Crippen molar-refractivity contribution >= 4 is 23.9 Å². The first-order valence-corrected chi connectivity index (χ1v) is 8.79. The number of rotatable bonds is 3. The van der Waals surface area contributed by atoms with E-state index in [2.05, 4.69) is 0 Å². The summed E-state index contributed by atoms with van der Waals surface area (Å²) in [5.41, 5.74) is -0.140. The Kier molecular flexibility index (Phi) is 4.47. The largest absolute Gasteiger partial charge is 0.393 e. The van der Waals surface area contributed by atoms with Crippen LogP contribution in [0.15, 0.2) is 0 Å². The molecule has 0 aliphatic carbocycles. The van der Waals surface area contributed by atoms with E-state index in [0.29, 0.717) is 12.8 Å². The van der Waals surface area contributed by atoms with Crippen LogP contribution in [-0.4, -0.2) is 36.1 Å². The highest BCUT2D eigenvalue weighted by Crippen LogP contribution is 2.45. The van der Waals surface area contributed by atoms with E-state index in [0.717, 1.165) is 0 Å². The van der Waals surface area contributed by atoms with Gasteiger partial charge in [-0.3, -0.25) is 19.2 Å². The summed E-state index contributed by atoms with van der Waals surface area (Å²) in [6, 6.07) is 0. The fraction of sp³-hybridized carbons (Fsp3) is 0.778. The zero-order valence-electron chi connectivity index (χ0n) is 14.9. The molecule has 3 aliphatic rings. The van der Waals surface area contributed by atoms with E-state index in [1.807, 2.05) is 27.7 Å². The minimum absolute atomic E-state index is 0.140. The van der Waals surface area contributed by atoms with Gasteiger partial charge in [-0.1, -0.05) is 27.7 Å². The lowest BCUT2D eigenvalue weighted by Crippen LogP contribution is -2.48. The molecule has 25 heavy (non-hydrogen) atoms. The highest BCUT2D eigenvalue weighted by atomic mass is 16.6. The van der Waals surface area contributed by atoms with Crippen molar-refractivity contribution < 1.29 is 33.4 Å². The van der Waals surface area contributed by atoms with Gasteiger partial charge >= 0.3 is 23.9 Å². The predicted octanol–water partition coefficient (Wildman–Crippen LogP) is 1.62. The molecule has 3 fully saturated rings. The maximum Gasteiger partial charge on any atom is 0.320 e. The molecule has 0 N–H and O–H groups in total. The van der Waals surface area contributed by atoms with Crippen LogP contribution in [0.2, 0.25) is 0 Å². The predicted molar refractivity (Wildman–Crippen MR) is 83.8 cm³/mol. The molecule has 0 spiro atoms. The minimum atomic E-state index is -0.732. The lowest BCUT2D eigenvalue weighted by atomic mass is 9.73. The SMILES string of the molecule is CCC1C(=O)OC(=O)C1C1CC2C(=O)OC(=O)C2C(CC(C)(C)C)O1. The van der Waals surface area contributed by atoms with Crippen LogP contribution in [0.25, 0.3) is 0 Å². The molecule has 0 aromatic heterocycles. The quantitative estimate of drug-likeness (QED) is 0.562. The molecule has 0 saturated carbocycles. The first-order chi connectivity index (χ1) is 11.6. The van der Waals surface area contributed by atoms with Gasteiger partial charge in [0.2, 0.25) is 0 Å². The second-order valence-electron chi connectivity index (χ2n) is 8.37. The van der Waals surface area contributed by atoms with Crippen molar-refractivity contribution in [3.63, 3.8) is 0 Å². The van der Waals surface area contributed by atoms with Gasteiger partial charge in [0.05, 0.1) is 35.9 Å². The Morgan fingerprint density at radius 3 is 2.12 bits per heavy atom. The van der Waals surface area contributed by atoms with E-state index in [1.165, 1.54) is 0 Å². The minimum Gasteiger partial charge on any atom is -0.393 e. The average molecular weight is 352 g/mol. The monoisotopic (exact) mass is 352 g/mol. The topological polar surface area (TPSA) is 96.0 Å². The third-order valence-electron chi connectivity index (χ3n) is 5.31. The third-order valence-corrected chi connectivity index (χ3v) is 5.31. The van der Waals surface area contributed by atoms with Crippen LogP contribution >= 0.6 is 0 Å². The standard InChI is InChI=1S/C18H24O7/c1-5-8-12(16(21)24-14(8)19)10-6-9-13(17(22)25-15(9)20)11(23-10)7-18(2,3)4/h8-13H,5-7H2,1-4H3. The molecule has 0 bridgehead atoms. The van der Waals surface area contributed by atoms with Crippen molar-refractivity contribution in [2.45, 2.75) is 59.2 Å². The Labute approximate surface area is 146 Å². The fourth-order valence-electron chi connectivity index (χ4n) is 4.22. The third kappa shape index (κ3) is 3.21. The zero-order valence-corrected chi connectivity index (χ0v) is 14.9. The number of hydrogen-bond acceptors (Lipinski definition) is 7. The second-order valence-corrected chi connectivity index (χ2v) is 8.37. The summed E-state index contributed by atoms with van der Waals surface area (Å²) in [5.74, 6) is -4.83. The van der Waals surface area contributed by atoms with E-state index in [4.69, 9.17) is 14.2 Å². The molecule has 7 heteroatoms. The normalized spacial score (nSPS) is 38.6.